The fraction of sp³-hybridized carbons (Fsp3) is 0.0385. The molecule has 0 amide bonds. The van der Waals surface area contributed by atoms with Crippen molar-refractivity contribution in [2.45, 2.75) is 5.60 Å². The molecule has 1 heterocycles. The Hall–Kier alpha value is -3.07. The van der Waals surface area contributed by atoms with Gasteiger partial charge in [-0.15, -0.1) is 0 Å². The molecule has 0 aromatic heterocycles. The first-order chi connectivity index (χ1) is 14.7. The summed E-state index contributed by atoms with van der Waals surface area (Å²) in [6.07, 6.45) is 0. The maximum absolute atomic E-state index is 6.51. The van der Waals surface area contributed by atoms with E-state index >= 15 is 0 Å². The van der Waals surface area contributed by atoms with Crippen molar-refractivity contribution in [1.82, 2.24) is 0 Å². The number of oxime groups is 1. The standard InChI is InChI=1S/C26H17Cl2NO/c27-22-16-9-17-23(28)24(22)25-20-14-7-8-15-21(20)26(30-29-25,18-10-3-1-4-11-18)19-12-5-2-6-13-19/h1-17H. The van der Waals surface area contributed by atoms with Crippen molar-refractivity contribution in [2.75, 3.05) is 0 Å². The number of hydrogen-bond acceptors (Lipinski definition) is 2. The minimum absolute atomic E-state index is 0.534. The molecule has 4 aromatic carbocycles. The van der Waals surface area contributed by atoms with E-state index in [0.29, 0.717) is 21.3 Å². The Morgan fingerprint density at radius 2 is 1.13 bits per heavy atom. The van der Waals surface area contributed by atoms with Crippen LogP contribution in [0.3, 0.4) is 0 Å². The van der Waals surface area contributed by atoms with E-state index in [2.05, 4.69) is 35.5 Å². The molecule has 0 unspecified atom stereocenters. The largest absolute Gasteiger partial charge is 0.374 e. The van der Waals surface area contributed by atoms with Crippen LogP contribution in [0.4, 0.5) is 0 Å². The van der Waals surface area contributed by atoms with Crippen LogP contribution >= 0.6 is 23.2 Å². The van der Waals surface area contributed by atoms with Gasteiger partial charge in [-0.1, -0.05) is 119 Å². The Morgan fingerprint density at radius 1 is 0.600 bits per heavy atom. The fourth-order valence-corrected chi connectivity index (χ4v) is 4.62. The predicted molar refractivity (Wildman–Crippen MR) is 122 cm³/mol. The van der Waals surface area contributed by atoms with Crippen molar-refractivity contribution in [1.29, 1.82) is 0 Å². The van der Waals surface area contributed by atoms with E-state index in [9.17, 15) is 0 Å². The van der Waals surface area contributed by atoms with Gasteiger partial charge >= 0.3 is 0 Å². The van der Waals surface area contributed by atoms with Crippen LogP contribution in [-0.4, -0.2) is 5.71 Å². The van der Waals surface area contributed by atoms with Gasteiger partial charge < -0.3 is 4.84 Å². The van der Waals surface area contributed by atoms with Gasteiger partial charge in [0.1, 0.15) is 5.71 Å². The third kappa shape index (κ3) is 2.92. The molecule has 0 radical (unpaired) electrons. The second kappa shape index (κ2) is 7.64. The van der Waals surface area contributed by atoms with Gasteiger partial charge in [-0.05, 0) is 12.1 Å². The monoisotopic (exact) mass is 429 g/mol. The average Bonchev–Trinajstić information content (AvgIpc) is 2.80. The van der Waals surface area contributed by atoms with Gasteiger partial charge in [-0.2, -0.15) is 0 Å². The normalized spacial score (nSPS) is 14.4. The minimum Gasteiger partial charge on any atom is -0.374 e. The molecule has 4 heteroatoms. The molecule has 4 aromatic rings. The third-order valence-corrected chi connectivity index (χ3v) is 6.03. The molecule has 1 aliphatic rings. The lowest BCUT2D eigenvalue weighted by atomic mass is 9.76. The van der Waals surface area contributed by atoms with Crippen LogP contribution in [-0.2, 0) is 10.4 Å². The molecule has 30 heavy (non-hydrogen) atoms. The van der Waals surface area contributed by atoms with Crippen molar-refractivity contribution in [3.63, 3.8) is 0 Å². The maximum Gasteiger partial charge on any atom is 0.213 e. The Bertz CT molecular complexity index is 1180. The maximum atomic E-state index is 6.51. The van der Waals surface area contributed by atoms with Crippen molar-refractivity contribution >= 4 is 28.9 Å². The van der Waals surface area contributed by atoms with Gasteiger partial charge in [-0.25, -0.2) is 0 Å². The van der Waals surface area contributed by atoms with Gasteiger partial charge in [0.15, 0.2) is 0 Å². The van der Waals surface area contributed by atoms with E-state index in [1.807, 2.05) is 72.8 Å². The topological polar surface area (TPSA) is 21.6 Å². The highest BCUT2D eigenvalue weighted by atomic mass is 35.5. The average molecular weight is 430 g/mol. The number of nitrogens with zero attached hydrogens (tertiary/aromatic N) is 1. The van der Waals surface area contributed by atoms with Crippen LogP contribution in [0.5, 0.6) is 0 Å². The van der Waals surface area contributed by atoms with Gasteiger partial charge in [0.25, 0.3) is 0 Å². The summed E-state index contributed by atoms with van der Waals surface area (Å²) in [7, 11) is 0. The summed E-state index contributed by atoms with van der Waals surface area (Å²) in [5.74, 6) is 0. The van der Waals surface area contributed by atoms with Crippen molar-refractivity contribution in [3.8, 4) is 0 Å². The van der Waals surface area contributed by atoms with Crippen molar-refractivity contribution < 1.29 is 4.84 Å². The molecule has 0 aliphatic carbocycles. The number of halogens is 2. The molecule has 0 saturated heterocycles. The SMILES string of the molecule is Clc1cccc(Cl)c1C1=NOC(c2ccccc2)(c2ccccc2)c2ccccc21. The zero-order valence-corrected chi connectivity index (χ0v) is 17.4. The van der Waals surface area contributed by atoms with E-state index in [4.69, 9.17) is 28.0 Å². The van der Waals surface area contributed by atoms with Gasteiger partial charge in [0.2, 0.25) is 5.60 Å². The van der Waals surface area contributed by atoms with E-state index in [-0.39, 0.29) is 0 Å². The molecular weight excluding hydrogens is 413 g/mol. The summed E-state index contributed by atoms with van der Waals surface area (Å²) in [6, 6.07) is 33.8. The minimum atomic E-state index is -0.879. The highest BCUT2D eigenvalue weighted by molar-refractivity contribution is 6.41. The Morgan fingerprint density at radius 3 is 1.73 bits per heavy atom. The summed E-state index contributed by atoms with van der Waals surface area (Å²) >= 11 is 13.0. The molecule has 2 nitrogen and oxygen atoms in total. The van der Waals surface area contributed by atoms with Crippen LogP contribution in [0.15, 0.2) is 108 Å². The predicted octanol–water partition coefficient (Wildman–Crippen LogP) is 7.07. The van der Waals surface area contributed by atoms with E-state index in [1.165, 1.54) is 0 Å². The molecule has 5 rings (SSSR count). The van der Waals surface area contributed by atoms with Crippen molar-refractivity contribution in [3.05, 3.63) is 141 Å². The molecule has 0 fully saturated rings. The summed E-state index contributed by atoms with van der Waals surface area (Å²) in [5.41, 5.74) is 4.34. The lowest BCUT2D eigenvalue weighted by Crippen LogP contribution is -2.36. The molecule has 1 aliphatic heterocycles. The molecule has 0 saturated carbocycles. The molecular formula is C26H17Cl2NO. The summed E-state index contributed by atoms with van der Waals surface area (Å²) in [6.45, 7) is 0. The summed E-state index contributed by atoms with van der Waals surface area (Å²) < 4.78 is 0. The van der Waals surface area contributed by atoms with E-state index in [0.717, 1.165) is 22.3 Å². The number of benzene rings is 4. The second-order valence-electron chi connectivity index (χ2n) is 7.09. The quantitative estimate of drug-likeness (QED) is 0.341. The van der Waals surface area contributed by atoms with Gasteiger partial charge in [-0.3, -0.25) is 0 Å². The fourth-order valence-electron chi connectivity index (χ4n) is 4.04. The molecule has 0 atom stereocenters. The summed E-state index contributed by atoms with van der Waals surface area (Å²) in [4.78, 5) is 6.41. The van der Waals surface area contributed by atoms with Crippen LogP contribution < -0.4 is 0 Å². The lowest BCUT2D eigenvalue weighted by Gasteiger charge is -2.37. The molecule has 146 valence electrons. The zero-order valence-electron chi connectivity index (χ0n) is 15.9. The number of fused-ring (bicyclic) bond motifs is 1. The zero-order chi connectivity index (χ0) is 20.6. The second-order valence-corrected chi connectivity index (χ2v) is 7.90. The Balaban J connectivity index is 1.82. The number of rotatable bonds is 3. The first kappa shape index (κ1) is 18.9. The van der Waals surface area contributed by atoms with Crippen LogP contribution in [0, 0.1) is 0 Å². The Labute approximate surface area is 185 Å². The van der Waals surface area contributed by atoms with Gasteiger partial charge in [0, 0.05) is 27.8 Å². The smallest absolute Gasteiger partial charge is 0.213 e. The lowest BCUT2D eigenvalue weighted by molar-refractivity contribution is 0.0132. The van der Waals surface area contributed by atoms with Crippen LogP contribution in [0.25, 0.3) is 0 Å². The van der Waals surface area contributed by atoms with E-state index in [1.54, 1.807) is 0 Å². The van der Waals surface area contributed by atoms with Crippen molar-refractivity contribution in [2.24, 2.45) is 5.16 Å². The highest BCUT2D eigenvalue weighted by Crippen LogP contribution is 2.46. The Kier molecular flexibility index (Phi) is 4.82. The van der Waals surface area contributed by atoms with Crippen LogP contribution in [0.2, 0.25) is 10.0 Å². The van der Waals surface area contributed by atoms with Gasteiger partial charge in [0.05, 0.1) is 10.0 Å². The summed E-state index contributed by atoms with van der Waals surface area (Å²) in [5, 5.41) is 5.68. The van der Waals surface area contributed by atoms with E-state index < -0.39 is 5.60 Å². The first-order valence-electron chi connectivity index (χ1n) is 9.63. The molecule has 0 spiro atoms. The number of hydrogen-bond donors (Lipinski definition) is 0. The third-order valence-electron chi connectivity index (χ3n) is 5.40. The van der Waals surface area contributed by atoms with Crippen LogP contribution in [0.1, 0.15) is 27.8 Å². The molecule has 0 N–H and O–H groups in total. The first-order valence-corrected chi connectivity index (χ1v) is 10.4. The highest BCUT2D eigenvalue weighted by Gasteiger charge is 2.44. The molecule has 0 bridgehead atoms.